The molecule has 0 bridgehead atoms. The number of amides is 1. The lowest BCUT2D eigenvalue weighted by molar-refractivity contribution is -0.122. The van der Waals surface area contributed by atoms with Gasteiger partial charge < -0.3 is 14.6 Å². The van der Waals surface area contributed by atoms with E-state index in [2.05, 4.69) is 5.32 Å². The molecule has 3 rings (SSSR count). The fourth-order valence-electron chi connectivity index (χ4n) is 2.29. The lowest BCUT2D eigenvalue weighted by atomic mass is 10.1. The van der Waals surface area contributed by atoms with Gasteiger partial charge in [0.2, 0.25) is 5.91 Å². The quantitative estimate of drug-likeness (QED) is 0.848. The first-order valence-corrected chi connectivity index (χ1v) is 7.31. The van der Waals surface area contributed by atoms with Crippen LogP contribution in [0.4, 0.5) is 0 Å². The van der Waals surface area contributed by atoms with E-state index in [1.54, 1.807) is 0 Å². The molecule has 4 nitrogen and oxygen atoms in total. The second-order valence-corrected chi connectivity index (χ2v) is 5.73. The lowest BCUT2D eigenvalue weighted by Crippen LogP contribution is -2.35. The first-order valence-electron chi connectivity index (χ1n) is 7.31. The van der Waals surface area contributed by atoms with Crippen LogP contribution in [0.3, 0.4) is 0 Å². The minimum absolute atomic E-state index is 0.0530. The van der Waals surface area contributed by atoms with Crippen LogP contribution in [0.2, 0.25) is 0 Å². The maximum absolute atomic E-state index is 11.9. The van der Waals surface area contributed by atoms with Gasteiger partial charge in [0, 0.05) is 24.4 Å². The van der Waals surface area contributed by atoms with Gasteiger partial charge in [0.05, 0.1) is 6.61 Å². The van der Waals surface area contributed by atoms with E-state index in [0.29, 0.717) is 19.7 Å². The van der Waals surface area contributed by atoms with Crippen LogP contribution in [-0.4, -0.2) is 23.6 Å². The number of nitrogens with one attached hydrogen (secondary N) is 1. The Labute approximate surface area is 124 Å². The summed E-state index contributed by atoms with van der Waals surface area (Å²) in [6.07, 6.45) is 6.02. The van der Waals surface area contributed by atoms with Gasteiger partial charge in [0.25, 0.3) is 0 Å². The molecule has 1 N–H and O–H groups in total. The predicted octanol–water partition coefficient (Wildman–Crippen LogP) is 2.46. The number of carbonyl (C=O) groups excluding carboxylic acids is 1. The van der Waals surface area contributed by atoms with Crippen molar-refractivity contribution in [2.24, 2.45) is 5.41 Å². The fraction of sp³-hybridized carbons (Fsp3) is 0.353. The molecule has 21 heavy (non-hydrogen) atoms. The second-order valence-electron chi connectivity index (χ2n) is 5.73. The van der Waals surface area contributed by atoms with E-state index in [1.165, 1.54) is 0 Å². The third-order valence-corrected chi connectivity index (χ3v) is 3.90. The van der Waals surface area contributed by atoms with Crippen molar-refractivity contribution in [1.29, 1.82) is 0 Å². The normalized spacial score (nSPS) is 15.4. The van der Waals surface area contributed by atoms with Crippen molar-refractivity contribution in [3.8, 4) is 5.75 Å². The van der Waals surface area contributed by atoms with E-state index in [1.807, 2.05) is 59.4 Å². The molecule has 1 aromatic carbocycles. The molecule has 4 heteroatoms. The van der Waals surface area contributed by atoms with Crippen molar-refractivity contribution in [3.63, 3.8) is 0 Å². The van der Waals surface area contributed by atoms with Crippen LogP contribution in [0.25, 0.3) is 0 Å². The molecular weight excluding hydrogens is 264 g/mol. The number of hydrogen-bond acceptors (Lipinski definition) is 2. The summed E-state index contributed by atoms with van der Waals surface area (Å²) in [6, 6.07) is 13.7. The molecule has 0 radical (unpaired) electrons. The molecule has 1 amide bonds. The summed E-state index contributed by atoms with van der Waals surface area (Å²) in [5.74, 6) is 0.944. The van der Waals surface area contributed by atoms with Crippen molar-refractivity contribution in [1.82, 2.24) is 9.88 Å². The Morgan fingerprint density at radius 3 is 2.52 bits per heavy atom. The number of nitrogens with zero attached hydrogens (tertiary/aromatic N) is 1. The smallest absolute Gasteiger partial charge is 0.239 e. The van der Waals surface area contributed by atoms with E-state index in [9.17, 15) is 4.79 Å². The monoisotopic (exact) mass is 284 g/mol. The number of rotatable bonds is 7. The summed E-state index contributed by atoms with van der Waals surface area (Å²) < 4.78 is 7.69. The van der Waals surface area contributed by atoms with Crippen molar-refractivity contribution in [2.45, 2.75) is 19.4 Å². The minimum atomic E-state index is 0.0530. The Morgan fingerprint density at radius 1 is 1.14 bits per heavy atom. The van der Waals surface area contributed by atoms with Gasteiger partial charge in [-0.2, -0.15) is 0 Å². The van der Waals surface area contributed by atoms with Crippen molar-refractivity contribution in [2.75, 3.05) is 13.2 Å². The van der Waals surface area contributed by atoms with Crippen molar-refractivity contribution < 1.29 is 9.53 Å². The Kier molecular flexibility index (Phi) is 3.95. The van der Waals surface area contributed by atoms with Gasteiger partial charge in [0.15, 0.2) is 0 Å². The summed E-state index contributed by atoms with van der Waals surface area (Å²) in [5, 5.41) is 3.02. The number of aromatic nitrogens is 1. The number of carbonyl (C=O) groups is 1. The first kappa shape index (κ1) is 13.7. The summed E-state index contributed by atoms with van der Waals surface area (Å²) in [6.45, 7) is 1.74. The van der Waals surface area contributed by atoms with Crippen molar-refractivity contribution >= 4 is 5.91 Å². The van der Waals surface area contributed by atoms with Crippen LogP contribution in [0.1, 0.15) is 12.8 Å². The minimum Gasteiger partial charge on any atom is -0.493 e. The highest BCUT2D eigenvalue weighted by Crippen LogP contribution is 2.45. The highest BCUT2D eigenvalue weighted by Gasteiger charge is 2.43. The molecule has 0 spiro atoms. The molecule has 0 aliphatic heterocycles. The fourth-order valence-corrected chi connectivity index (χ4v) is 2.29. The first-order chi connectivity index (χ1) is 10.3. The molecule has 0 saturated heterocycles. The lowest BCUT2D eigenvalue weighted by Gasteiger charge is -2.17. The Hall–Kier alpha value is -2.23. The van der Waals surface area contributed by atoms with E-state index in [4.69, 9.17) is 4.74 Å². The van der Waals surface area contributed by atoms with Crippen LogP contribution in [-0.2, 0) is 11.3 Å². The van der Waals surface area contributed by atoms with Gasteiger partial charge in [-0.15, -0.1) is 0 Å². The van der Waals surface area contributed by atoms with Crippen molar-refractivity contribution in [3.05, 3.63) is 54.9 Å². The molecule has 2 aromatic rings. The van der Waals surface area contributed by atoms with Gasteiger partial charge >= 0.3 is 0 Å². The van der Waals surface area contributed by atoms with Gasteiger partial charge in [0.1, 0.15) is 12.3 Å². The summed E-state index contributed by atoms with van der Waals surface area (Å²) in [4.78, 5) is 11.9. The molecular formula is C17H20N2O2. The Bertz CT molecular complexity index is 574. The largest absolute Gasteiger partial charge is 0.493 e. The number of para-hydroxylation sites is 1. The number of ether oxygens (including phenoxy) is 1. The highest BCUT2D eigenvalue weighted by molar-refractivity contribution is 5.75. The van der Waals surface area contributed by atoms with E-state index in [-0.39, 0.29) is 11.3 Å². The maximum Gasteiger partial charge on any atom is 0.239 e. The number of hydrogen-bond donors (Lipinski definition) is 1. The standard InChI is InChI=1S/C17H20N2O2/c20-16(12-19-10-4-5-11-19)18-13-17(8-9-17)14-21-15-6-2-1-3-7-15/h1-7,10-11H,8-9,12-14H2,(H,18,20). The third kappa shape index (κ3) is 3.88. The summed E-state index contributed by atoms with van der Waals surface area (Å²) >= 11 is 0. The molecule has 0 unspecified atom stereocenters. The maximum atomic E-state index is 11.9. The molecule has 1 saturated carbocycles. The Morgan fingerprint density at radius 2 is 1.86 bits per heavy atom. The van der Waals surface area contributed by atoms with Gasteiger partial charge in [-0.05, 0) is 37.1 Å². The van der Waals surface area contributed by atoms with Gasteiger partial charge in [-0.1, -0.05) is 18.2 Å². The van der Waals surface area contributed by atoms with Gasteiger partial charge in [-0.3, -0.25) is 4.79 Å². The third-order valence-electron chi connectivity index (χ3n) is 3.90. The second kappa shape index (κ2) is 6.04. The molecule has 1 aliphatic carbocycles. The summed E-state index contributed by atoms with van der Waals surface area (Å²) in [5.41, 5.74) is 0.127. The zero-order valence-electron chi connectivity index (χ0n) is 12.0. The number of benzene rings is 1. The molecule has 1 heterocycles. The van der Waals surface area contributed by atoms with E-state index in [0.717, 1.165) is 18.6 Å². The molecule has 1 fully saturated rings. The SMILES string of the molecule is O=C(Cn1cccc1)NCC1(COc2ccccc2)CC1. The zero-order chi connectivity index (χ0) is 14.5. The van der Waals surface area contributed by atoms with Crippen LogP contribution >= 0.6 is 0 Å². The van der Waals surface area contributed by atoms with E-state index >= 15 is 0 Å². The summed E-state index contributed by atoms with van der Waals surface area (Å²) in [7, 11) is 0. The van der Waals surface area contributed by atoms with Crippen LogP contribution in [0.15, 0.2) is 54.9 Å². The molecule has 110 valence electrons. The van der Waals surface area contributed by atoms with Crippen LogP contribution < -0.4 is 10.1 Å². The topological polar surface area (TPSA) is 43.3 Å². The average molecular weight is 284 g/mol. The van der Waals surface area contributed by atoms with Crippen LogP contribution in [0, 0.1) is 5.41 Å². The van der Waals surface area contributed by atoms with Crippen LogP contribution in [0.5, 0.6) is 5.75 Å². The molecule has 0 atom stereocenters. The molecule has 1 aromatic heterocycles. The average Bonchev–Trinajstić information content (AvgIpc) is 3.11. The predicted molar refractivity (Wildman–Crippen MR) is 81.0 cm³/mol. The zero-order valence-corrected chi connectivity index (χ0v) is 12.0. The van der Waals surface area contributed by atoms with Gasteiger partial charge in [-0.25, -0.2) is 0 Å². The molecule has 1 aliphatic rings. The Balaban J connectivity index is 1.43. The van der Waals surface area contributed by atoms with E-state index < -0.39 is 0 Å². The highest BCUT2D eigenvalue weighted by atomic mass is 16.5.